The maximum absolute atomic E-state index is 12.6. The van der Waals surface area contributed by atoms with Crippen LogP contribution in [0, 0.1) is 5.92 Å². The summed E-state index contributed by atoms with van der Waals surface area (Å²) in [5.74, 6) is 0.699. The molecule has 0 unspecified atom stereocenters. The maximum atomic E-state index is 12.6. The summed E-state index contributed by atoms with van der Waals surface area (Å²) in [7, 11) is 0. The number of carbonyl (C=O) groups excluding carboxylic acids is 2. The summed E-state index contributed by atoms with van der Waals surface area (Å²) in [6, 6.07) is 13.4. The lowest BCUT2D eigenvalue weighted by Gasteiger charge is -2.31. The highest BCUT2D eigenvalue weighted by Crippen LogP contribution is 2.20. The van der Waals surface area contributed by atoms with Gasteiger partial charge < -0.3 is 4.90 Å². The summed E-state index contributed by atoms with van der Waals surface area (Å²) in [4.78, 5) is 35.1. The van der Waals surface area contributed by atoms with E-state index in [1.165, 1.54) is 0 Å². The van der Waals surface area contributed by atoms with E-state index in [4.69, 9.17) is 0 Å². The summed E-state index contributed by atoms with van der Waals surface area (Å²) < 4.78 is 0. The Labute approximate surface area is 168 Å². The monoisotopic (exact) mass is 390 g/mol. The largest absolute Gasteiger partial charge is 0.339 e. The third kappa shape index (κ3) is 4.66. The van der Waals surface area contributed by atoms with Crippen molar-refractivity contribution >= 4 is 17.8 Å². The number of amides is 2. The normalized spacial score (nSPS) is 14.6. The summed E-state index contributed by atoms with van der Waals surface area (Å²) >= 11 is 0. The molecule has 0 bridgehead atoms. The fraction of sp³-hybridized carbons (Fsp3) is 0.286. The number of nitrogens with zero attached hydrogens (tertiary/aromatic N) is 4. The second-order valence-electron chi connectivity index (χ2n) is 7.06. The summed E-state index contributed by atoms with van der Waals surface area (Å²) in [6.45, 7) is 1.10. The van der Waals surface area contributed by atoms with Gasteiger partial charge in [-0.2, -0.15) is 4.98 Å². The van der Waals surface area contributed by atoms with Crippen molar-refractivity contribution in [3.8, 4) is 0 Å². The molecule has 0 spiro atoms. The highest BCUT2D eigenvalue weighted by molar-refractivity contribution is 5.94. The minimum absolute atomic E-state index is 0.0224. The molecule has 0 aliphatic carbocycles. The van der Waals surface area contributed by atoms with Gasteiger partial charge in [-0.05, 0) is 30.5 Å². The smallest absolute Gasteiger partial charge is 0.253 e. The third-order valence-corrected chi connectivity index (χ3v) is 5.06. The second-order valence-corrected chi connectivity index (χ2v) is 7.06. The predicted molar refractivity (Wildman–Crippen MR) is 107 cm³/mol. The molecule has 2 aromatic heterocycles. The van der Waals surface area contributed by atoms with E-state index in [1.807, 2.05) is 30.3 Å². The van der Waals surface area contributed by atoms with Crippen molar-refractivity contribution in [2.75, 3.05) is 18.4 Å². The lowest BCUT2D eigenvalue weighted by atomic mass is 9.95. The molecule has 2 amide bonds. The molecule has 0 saturated carbocycles. The molecule has 148 valence electrons. The van der Waals surface area contributed by atoms with Gasteiger partial charge >= 0.3 is 0 Å². The zero-order valence-corrected chi connectivity index (χ0v) is 15.9. The van der Waals surface area contributed by atoms with Crippen molar-refractivity contribution in [1.82, 2.24) is 25.1 Å². The Bertz CT molecular complexity index is 965. The molecular formula is C21H22N6O2. The van der Waals surface area contributed by atoms with Crippen molar-refractivity contribution in [2.45, 2.75) is 19.3 Å². The van der Waals surface area contributed by atoms with E-state index in [2.05, 4.69) is 25.5 Å². The molecule has 1 saturated heterocycles. The molecule has 1 aliphatic heterocycles. The van der Waals surface area contributed by atoms with E-state index < -0.39 is 0 Å². The van der Waals surface area contributed by atoms with Gasteiger partial charge in [0.05, 0.1) is 0 Å². The summed E-state index contributed by atoms with van der Waals surface area (Å²) in [5, 5.41) is 9.75. The lowest BCUT2D eigenvalue weighted by molar-refractivity contribution is -0.121. The van der Waals surface area contributed by atoms with Crippen molar-refractivity contribution in [3.63, 3.8) is 0 Å². The second kappa shape index (κ2) is 8.64. The number of H-pyrrole nitrogens is 1. The van der Waals surface area contributed by atoms with Crippen LogP contribution < -0.4 is 5.32 Å². The third-order valence-electron chi connectivity index (χ3n) is 5.06. The van der Waals surface area contributed by atoms with E-state index in [0.717, 1.165) is 5.56 Å². The number of aromatic nitrogens is 4. The topological polar surface area (TPSA) is 104 Å². The van der Waals surface area contributed by atoms with E-state index in [1.54, 1.807) is 29.4 Å². The Kier molecular flexibility index (Phi) is 5.60. The summed E-state index contributed by atoms with van der Waals surface area (Å²) in [6.07, 6.45) is 5.07. The summed E-state index contributed by atoms with van der Waals surface area (Å²) in [5.41, 5.74) is 1.74. The molecule has 8 nitrogen and oxygen atoms in total. The highest BCUT2D eigenvalue weighted by atomic mass is 16.2. The Morgan fingerprint density at radius 1 is 1.07 bits per heavy atom. The van der Waals surface area contributed by atoms with E-state index in [0.29, 0.717) is 43.7 Å². The van der Waals surface area contributed by atoms with Crippen LogP contribution in [0.2, 0.25) is 0 Å². The number of hydrogen-bond donors (Lipinski definition) is 2. The molecule has 1 aromatic carbocycles. The fourth-order valence-electron chi connectivity index (χ4n) is 3.45. The van der Waals surface area contributed by atoms with Crippen LogP contribution in [0.3, 0.4) is 0 Å². The van der Waals surface area contributed by atoms with Crippen LogP contribution >= 0.6 is 0 Å². The van der Waals surface area contributed by atoms with Crippen LogP contribution in [0.5, 0.6) is 0 Å². The van der Waals surface area contributed by atoms with Gasteiger partial charge in [-0.1, -0.05) is 30.3 Å². The first-order valence-corrected chi connectivity index (χ1v) is 9.64. The Hall–Kier alpha value is -3.55. The minimum atomic E-state index is -0.160. The van der Waals surface area contributed by atoms with Gasteiger partial charge in [0.25, 0.3) is 5.91 Å². The van der Waals surface area contributed by atoms with Crippen molar-refractivity contribution in [2.24, 2.45) is 5.92 Å². The van der Waals surface area contributed by atoms with Crippen molar-refractivity contribution in [3.05, 3.63) is 71.8 Å². The Morgan fingerprint density at radius 2 is 1.79 bits per heavy atom. The maximum Gasteiger partial charge on any atom is 0.253 e. The van der Waals surface area contributed by atoms with Gasteiger partial charge in [-0.3, -0.25) is 25.0 Å². The van der Waals surface area contributed by atoms with Crippen molar-refractivity contribution < 1.29 is 9.59 Å². The number of piperidine rings is 1. The van der Waals surface area contributed by atoms with Crippen LogP contribution in [-0.2, 0) is 11.2 Å². The molecule has 8 heteroatoms. The molecule has 0 atom stereocenters. The molecule has 3 aromatic rings. The highest BCUT2D eigenvalue weighted by Gasteiger charge is 2.28. The van der Waals surface area contributed by atoms with Crippen LogP contribution in [0.1, 0.15) is 34.6 Å². The van der Waals surface area contributed by atoms with Gasteiger partial charge in [0.1, 0.15) is 5.82 Å². The van der Waals surface area contributed by atoms with Gasteiger partial charge in [0, 0.05) is 43.4 Å². The first-order chi connectivity index (χ1) is 14.2. The van der Waals surface area contributed by atoms with Crippen LogP contribution in [0.25, 0.3) is 0 Å². The van der Waals surface area contributed by atoms with E-state index >= 15 is 0 Å². The molecule has 3 heterocycles. The van der Waals surface area contributed by atoms with Crippen LogP contribution in [0.4, 0.5) is 5.95 Å². The number of rotatable bonds is 5. The van der Waals surface area contributed by atoms with Gasteiger partial charge in [0.15, 0.2) is 0 Å². The molecule has 2 N–H and O–H groups in total. The molecular weight excluding hydrogens is 368 g/mol. The number of benzene rings is 1. The lowest BCUT2D eigenvalue weighted by Crippen LogP contribution is -2.41. The number of aromatic amines is 1. The number of hydrogen-bond acceptors (Lipinski definition) is 5. The number of likely N-dealkylation sites (tertiary alicyclic amines) is 1. The molecule has 0 radical (unpaired) electrons. The van der Waals surface area contributed by atoms with Crippen molar-refractivity contribution in [1.29, 1.82) is 0 Å². The van der Waals surface area contributed by atoms with Crippen LogP contribution in [-0.4, -0.2) is 50.0 Å². The van der Waals surface area contributed by atoms with Gasteiger partial charge in [0.2, 0.25) is 11.9 Å². The van der Waals surface area contributed by atoms with E-state index in [9.17, 15) is 9.59 Å². The number of nitrogens with one attached hydrogen (secondary N) is 2. The minimum Gasteiger partial charge on any atom is -0.339 e. The molecule has 1 aliphatic rings. The molecule has 1 fully saturated rings. The Balaban J connectivity index is 1.28. The van der Waals surface area contributed by atoms with E-state index in [-0.39, 0.29) is 23.7 Å². The van der Waals surface area contributed by atoms with Gasteiger partial charge in [-0.25, -0.2) is 0 Å². The fourth-order valence-corrected chi connectivity index (χ4v) is 3.45. The standard InChI is InChI=1S/C21H22N6O2/c28-19(24-21-23-18(25-26-21)14-15-4-2-1-3-5-15)16-8-12-27(13-9-16)20(29)17-6-10-22-11-7-17/h1-7,10-11,16H,8-9,12-14H2,(H2,23,24,25,26,28). The molecule has 4 rings (SSSR count). The number of carbonyl (C=O) groups is 2. The Morgan fingerprint density at radius 3 is 2.52 bits per heavy atom. The zero-order valence-electron chi connectivity index (χ0n) is 15.9. The number of pyridine rings is 1. The predicted octanol–water partition coefficient (Wildman–Crippen LogP) is 2.28. The average Bonchev–Trinajstić information content (AvgIpc) is 3.21. The van der Waals surface area contributed by atoms with Gasteiger partial charge in [-0.15, -0.1) is 5.10 Å². The zero-order chi connectivity index (χ0) is 20.1. The van der Waals surface area contributed by atoms with Crippen LogP contribution in [0.15, 0.2) is 54.9 Å². The quantitative estimate of drug-likeness (QED) is 0.696. The first kappa shape index (κ1) is 18.8. The molecule has 29 heavy (non-hydrogen) atoms. The first-order valence-electron chi connectivity index (χ1n) is 9.64. The number of anilines is 1. The average molecular weight is 390 g/mol. The SMILES string of the molecule is O=C(Nc1n[nH]c(Cc2ccccc2)n1)C1CCN(C(=O)c2ccncc2)CC1.